The number of fused-ring (bicyclic) bond motifs is 2. The molecule has 0 bridgehead atoms. The third-order valence-corrected chi connectivity index (χ3v) is 5.31. The zero-order valence-corrected chi connectivity index (χ0v) is 16.0. The Bertz CT molecular complexity index is 1390. The van der Waals surface area contributed by atoms with Crippen LogP contribution < -0.4 is 10.2 Å². The van der Waals surface area contributed by atoms with E-state index in [1.165, 1.54) is 0 Å². The predicted molar refractivity (Wildman–Crippen MR) is 119 cm³/mol. The maximum absolute atomic E-state index is 12.9. The van der Waals surface area contributed by atoms with Gasteiger partial charge >= 0.3 is 0 Å². The molecule has 1 heterocycles. The molecule has 5 aromatic rings. The minimum Gasteiger partial charge on any atom is -0.497 e. The smallest absolute Gasteiger partial charge is 0.190 e. The summed E-state index contributed by atoms with van der Waals surface area (Å²) in [7, 11) is 1.65. The molecule has 0 saturated carbocycles. The lowest BCUT2D eigenvalue weighted by atomic mass is 10.0. The second-order valence-electron chi connectivity index (χ2n) is 6.97. The summed E-state index contributed by atoms with van der Waals surface area (Å²) >= 11 is 0. The molecule has 29 heavy (non-hydrogen) atoms. The van der Waals surface area contributed by atoms with Crippen LogP contribution in [0.3, 0.4) is 0 Å². The van der Waals surface area contributed by atoms with Crippen LogP contribution in [0.4, 0.5) is 0 Å². The van der Waals surface area contributed by atoms with Crippen LogP contribution >= 0.6 is 0 Å². The normalized spacial score (nSPS) is 11.1. The van der Waals surface area contributed by atoms with E-state index in [2.05, 4.69) is 34.9 Å². The SMILES string of the molecule is COc1ccc(-c2cc(=O)c3ccccc3n2-c2cccc3ccccc23)cc1. The Hall–Kier alpha value is -3.85. The first-order valence-corrected chi connectivity index (χ1v) is 9.53. The largest absolute Gasteiger partial charge is 0.497 e. The Balaban J connectivity index is 1.92. The highest BCUT2D eigenvalue weighted by atomic mass is 16.5. The molecule has 0 saturated heterocycles. The zero-order chi connectivity index (χ0) is 19.8. The van der Waals surface area contributed by atoms with E-state index in [4.69, 9.17) is 4.74 Å². The average molecular weight is 377 g/mol. The van der Waals surface area contributed by atoms with E-state index in [0.29, 0.717) is 5.39 Å². The lowest BCUT2D eigenvalue weighted by Crippen LogP contribution is -2.11. The number of hydrogen-bond donors (Lipinski definition) is 0. The van der Waals surface area contributed by atoms with Gasteiger partial charge in [0.15, 0.2) is 5.43 Å². The summed E-state index contributed by atoms with van der Waals surface area (Å²) in [6.45, 7) is 0. The molecule has 5 rings (SSSR count). The first-order valence-electron chi connectivity index (χ1n) is 9.53. The van der Waals surface area contributed by atoms with Crippen LogP contribution in [0.25, 0.3) is 38.6 Å². The lowest BCUT2D eigenvalue weighted by molar-refractivity contribution is 0.415. The van der Waals surface area contributed by atoms with Crippen molar-refractivity contribution < 1.29 is 4.74 Å². The Morgan fingerprint density at radius 2 is 1.41 bits per heavy atom. The molecule has 0 aliphatic heterocycles. The summed E-state index contributed by atoms with van der Waals surface area (Å²) in [6.07, 6.45) is 0. The first kappa shape index (κ1) is 17.3. The molecule has 0 aliphatic rings. The van der Waals surface area contributed by atoms with Crippen molar-refractivity contribution in [1.29, 1.82) is 0 Å². The van der Waals surface area contributed by atoms with Crippen LogP contribution in [0.1, 0.15) is 0 Å². The number of rotatable bonds is 3. The van der Waals surface area contributed by atoms with Crippen LogP contribution in [-0.4, -0.2) is 11.7 Å². The van der Waals surface area contributed by atoms with Gasteiger partial charge in [-0.1, -0.05) is 48.5 Å². The molecule has 1 aromatic heterocycles. The highest BCUT2D eigenvalue weighted by Gasteiger charge is 2.14. The van der Waals surface area contributed by atoms with Crippen LogP contribution in [0, 0.1) is 0 Å². The van der Waals surface area contributed by atoms with Crippen molar-refractivity contribution >= 4 is 21.7 Å². The van der Waals surface area contributed by atoms with Gasteiger partial charge in [0.25, 0.3) is 0 Å². The summed E-state index contributed by atoms with van der Waals surface area (Å²) in [5, 5.41) is 3.00. The van der Waals surface area contributed by atoms with Crippen molar-refractivity contribution in [2.45, 2.75) is 0 Å². The molecule has 140 valence electrons. The summed E-state index contributed by atoms with van der Waals surface area (Å²) in [5.41, 5.74) is 3.77. The Kier molecular flexibility index (Phi) is 4.14. The van der Waals surface area contributed by atoms with E-state index >= 15 is 0 Å². The number of ether oxygens (including phenoxy) is 1. The molecule has 0 N–H and O–H groups in total. The fourth-order valence-electron chi connectivity index (χ4n) is 3.91. The van der Waals surface area contributed by atoms with Gasteiger partial charge in [-0.25, -0.2) is 0 Å². The summed E-state index contributed by atoms with van der Waals surface area (Å²) in [6, 6.07) is 31.9. The van der Waals surface area contributed by atoms with E-state index in [9.17, 15) is 4.79 Å². The average Bonchev–Trinajstić information content (AvgIpc) is 2.79. The molecule has 0 fully saturated rings. The molecule has 0 amide bonds. The molecule has 3 heteroatoms. The van der Waals surface area contributed by atoms with Crippen molar-refractivity contribution in [2.75, 3.05) is 7.11 Å². The van der Waals surface area contributed by atoms with Gasteiger partial charge in [0.1, 0.15) is 5.75 Å². The zero-order valence-electron chi connectivity index (χ0n) is 16.0. The highest BCUT2D eigenvalue weighted by Crippen LogP contribution is 2.31. The van der Waals surface area contributed by atoms with Gasteiger partial charge in [-0.2, -0.15) is 0 Å². The van der Waals surface area contributed by atoms with E-state index in [1.54, 1.807) is 13.2 Å². The number of para-hydroxylation sites is 1. The molecule has 3 nitrogen and oxygen atoms in total. The van der Waals surface area contributed by atoms with Crippen LogP contribution in [0.15, 0.2) is 102 Å². The topological polar surface area (TPSA) is 31.2 Å². The van der Waals surface area contributed by atoms with Crippen LogP contribution in [-0.2, 0) is 0 Å². The van der Waals surface area contributed by atoms with Gasteiger partial charge in [0, 0.05) is 16.8 Å². The standard InChI is InChI=1S/C26H19NO2/c1-29-20-15-13-19(14-16-20)25-17-26(28)22-10-4-5-11-24(22)27(25)23-12-6-8-18-7-2-3-9-21(18)23/h2-17H,1H3. The summed E-state index contributed by atoms with van der Waals surface area (Å²) < 4.78 is 7.48. The monoisotopic (exact) mass is 377 g/mol. The lowest BCUT2D eigenvalue weighted by Gasteiger charge is -2.19. The second kappa shape index (κ2) is 6.95. The number of nitrogens with zero attached hydrogens (tertiary/aromatic N) is 1. The summed E-state index contributed by atoms with van der Waals surface area (Å²) in [5.74, 6) is 0.786. The maximum Gasteiger partial charge on any atom is 0.190 e. The molecule has 0 atom stereocenters. The van der Waals surface area contributed by atoms with Crippen molar-refractivity contribution in [3.05, 3.63) is 107 Å². The number of pyridine rings is 1. The van der Waals surface area contributed by atoms with Crippen molar-refractivity contribution in [3.8, 4) is 22.7 Å². The van der Waals surface area contributed by atoms with Crippen LogP contribution in [0.2, 0.25) is 0 Å². The molecular weight excluding hydrogens is 358 g/mol. The van der Waals surface area contributed by atoms with E-state index in [1.807, 2.05) is 60.7 Å². The molecular formula is C26H19NO2. The molecule has 0 radical (unpaired) electrons. The van der Waals surface area contributed by atoms with Crippen molar-refractivity contribution in [2.24, 2.45) is 0 Å². The fourth-order valence-corrected chi connectivity index (χ4v) is 3.91. The molecule has 0 spiro atoms. The quantitative estimate of drug-likeness (QED) is 0.397. The van der Waals surface area contributed by atoms with Crippen molar-refractivity contribution in [3.63, 3.8) is 0 Å². The molecule has 4 aromatic carbocycles. The molecule has 0 aliphatic carbocycles. The summed E-state index contributed by atoms with van der Waals surface area (Å²) in [4.78, 5) is 12.9. The number of aromatic nitrogens is 1. The Labute approximate surface area is 168 Å². The maximum atomic E-state index is 12.9. The number of methoxy groups -OCH3 is 1. The second-order valence-corrected chi connectivity index (χ2v) is 6.97. The van der Waals surface area contributed by atoms with E-state index in [0.717, 1.165) is 39.0 Å². The predicted octanol–water partition coefficient (Wildman–Crippen LogP) is 5.82. The Morgan fingerprint density at radius 3 is 2.21 bits per heavy atom. The van der Waals surface area contributed by atoms with Gasteiger partial charge < -0.3 is 9.30 Å². The minimum atomic E-state index is 0.0166. The number of benzene rings is 4. The number of hydrogen-bond acceptors (Lipinski definition) is 2. The van der Waals surface area contributed by atoms with Gasteiger partial charge in [-0.05, 0) is 53.4 Å². The van der Waals surface area contributed by atoms with Gasteiger partial charge in [-0.15, -0.1) is 0 Å². The van der Waals surface area contributed by atoms with E-state index in [-0.39, 0.29) is 5.43 Å². The van der Waals surface area contributed by atoms with E-state index < -0.39 is 0 Å². The van der Waals surface area contributed by atoms with Crippen LogP contribution in [0.5, 0.6) is 5.75 Å². The highest BCUT2D eigenvalue weighted by molar-refractivity contribution is 5.94. The fraction of sp³-hybridized carbons (Fsp3) is 0.0385. The van der Waals surface area contributed by atoms with Gasteiger partial charge in [0.05, 0.1) is 24.0 Å². The minimum absolute atomic E-state index is 0.0166. The van der Waals surface area contributed by atoms with Gasteiger partial charge in [0.2, 0.25) is 0 Å². The van der Waals surface area contributed by atoms with Crippen molar-refractivity contribution in [1.82, 2.24) is 4.57 Å². The molecule has 0 unspecified atom stereocenters. The first-order chi connectivity index (χ1) is 14.3. The third kappa shape index (κ3) is 2.88. The Morgan fingerprint density at radius 1 is 0.724 bits per heavy atom. The van der Waals surface area contributed by atoms with Gasteiger partial charge in [-0.3, -0.25) is 4.79 Å². The third-order valence-electron chi connectivity index (χ3n) is 5.31.